The molecule has 0 aliphatic rings. The van der Waals surface area contributed by atoms with Gasteiger partial charge in [0.1, 0.15) is 12.4 Å². The zero-order chi connectivity index (χ0) is 22.1. The van der Waals surface area contributed by atoms with Crippen molar-refractivity contribution in [2.75, 3.05) is 21.3 Å². The van der Waals surface area contributed by atoms with Crippen LogP contribution in [-0.4, -0.2) is 33.5 Å². The lowest BCUT2D eigenvalue weighted by Crippen LogP contribution is -2.17. The van der Waals surface area contributed by atoms with Crippen LogP contribution in [0.4, 0.5) is 0 Å². The second-order valence-corrected chi connectivity index (χ2v) is 6.46. The number of hydrazone groups is 1. The molecule has 7 heteroatoms. The molecule has 0 heterocycles. The minimum absolute atomic E-state index is 0.335. The van der Waals surface area contributed by atoms with E-state index >= 15 is 0 Å². The van der Waals surface area contributed by atoms with Crippen LogP contribution in [0.25, 0.3) is 0 Å². The van der Waals surface area contributed by atoms with Gasteiger partial charge in [-0.25, -0.2) is 5.43 Å². The number of benzene rings is 3. The largest absolute Gasteiger partial charge is 0.493 e. The van der Waals surface area contributed by atoms with Crippen molar-refractivity contribution < 1.29 is 23.7 Å². The van der Waals surface area contributed by atoms with E-state index < -0.39 is 0 Å². The van der Waals surface area contributed by atoms with Crippen LogP contribution in [0.5, 0.6) is 23.0 Å². The summed E-state index contributed by atoms with van der Waals surface area (Å²) in [4.78, 5) is 12.3. The number of methoxy groups -OCH3 is 3. The van der Waals surface area contributed by atoms with Gasteiger partial charge in [-0.15, -0.1) is 0 Å². The molecule has 0 radical (unpaired) electrons. The number of hydrogen-bond acceptors (Lipinski definition) is 6. The number of ether oxygens (including phenoxy) is 4. The van der Waals surface area contributed by atoms with Gasteiger partial charge in [0.25, 0.3) is 5.91 Å². The lowest BCUT2D eigenvalue weighted by molar-refractivity contribution is 0.0955. The van der Waals surface area contributed by atoms with Crippen LogP contribution >= 0.6 is 0 Å². The van der Waals surface area contributed by atoms with Gasteiger partial charge in [0.15, 0.2) is 11.5 Å². The van der Waals surface area contributed by atoms with E-state index in [2.05, 4.69) is 10.5 Å². The van der Waals surface area contributed by atoms with Crippen LogP contribution in [0.1, 0.15) is 21.5 Å². The highest BCUT2D eigenvalue weighted by atomic mass is 16.5. The molecule has 0 aliphatic heterocycles. The first-order valence-corrected chi connectivity index (χ1v) is 9.54. The molecule has 0 unspecified atom stereocenters. The van der Waals surface area contributed by atoms with E-state index in [1.807, 2.05) is 30.3 Å². The molecule has 0 fully saturated rings. The first-order chi connectivity index (χ1) is 15.1. The molecule has 0 aliphatic carbocycles. The molecule has 160 valence electrons. The first-order valence-electron chi connectivity index (χ1n) is 9.54. The van der Waals surface area contributed by atoms with Gasteiger partial charge in [-0.3, -0.25) is 4.79 Å². The Hall–Kier alpha value is -4.00. The average molecular weight is 420 g/mol. The molecule has 1 N–H and O–H groups in total. The Labute approximate surface area is 181 Å². The monoisotopic (exact) mass is 420 g/mol. The summed E-state index contributed by atoms with van der Waals surface area (Å²) < 4.78 is 21.6. The highest BCUT2D eigenvalue weighted by molar-refractivity contribution is 5.95. The normalized spacial score (nSPS) is 10.5. The Morgan fingerprint density at radius 3 is 2.13 bits per heavy atom. The van der Waals surface area contributed by atoms with Crippen molar-refractivity contribution in [1.29, 1.82) is 0 Å². The van der Waals surface area contributed by atoms with Crippen LogP contribution in [-0.2, 0) is 6.61 Å². The van der Waals surface area contributed by atoms with Gasteiger partial charge in [-0.1, -0.05) is 30.3 Å². The Balaban J connectivity index is 1.59. The number of carbonyl (C=O) groups is 1. The second-order valence-electron chi connectivity index (χ2n) is 6.46. The summed E-state index contributed by atoms with van der Waals surface area (Å²) in [7, 11) is 4.60. The predicted molar refractivity (Wildman–Crippen MR) is 118 cm³/mol. The zero-order valence-corrected chi connectivity index (χ0v) is 17.6. The maximum atomic E-state index is 12.3. The molecular formula is C24H24N2O5. The molecule has 3 aromatic rings. The van der Waals surface area contributed by atoms with Crippen molar-refractivity contribution in [1.82, 2.24) is 5.43 Å². The molecular weight excluding hydrogens is 396 g/mol. The lowest BCUT2D eigenvalue weighted by Gasteiger charge is -2.12. The molecule has 7 nitrogen and oxygen atoms in total. The minimum Gasteiger partial charge on any atom is -0.493 e. The lowest BCUT2D eigenvalue weighted by atomic mass is 10.2. The van der Waals surface area contributed by atoms with E-state index in [4.69, 9.17) is 18.9 Å². The number of carbonyl (C=O) groups excluding carboxylic acids is 1. The van der Waals surface area contributed by atoms with Gasteiger partial charge in [0, 0.05) is 11.1 Å². The molecule has 0 spiro atoms. The molecule has 0 saturated carbocycles. The summed E-state index contributed by atoms with van der Waals surface area (Å²) in [6.07, 6.45) is 1.50. The fourth-order valence-electron chi connectivity index (χ4n) is 2.85. The number of hydrogen-bond donors (Lipinski definition) is 1. The highest BCUT2D eigenvalue weighted by Crippen LogP contribution is 2.37. The van der Waals surface area contributed by atoms with E-state index in [9.17, 15) is 4.79 Å². The summed E-state index contributed by atoms with van der Waals surface area (Å²) in [5, 5.41) is 4.01. The Kier molecular flexibility index (Phi) is 7.48. The number of nitrogens with zero attached hydrogens (tertiary/aromatic N) is 1. The van der Waals surface area contributed by atoms with Crippen molar-refractivity contribution in [3.05, 3.63) is 83.4 Å². The smallest absolute Gasteiger partial charge is 0.271 e. The fraction of sp³-hybridized carbons (Fsp3) is 0.167. The summed E-state index contributed by atoms with van der Waals surface area (Å²) in [6.45, 7) is 0.464. The van der Waals surface area contributed by atoms with Crippen molar-refractivity contribution in [3.63, 3.8) is 0 Å². The van der Waals surface area contributed by atoms with Gasteiger partial charge >= 0.3 is 0 Å². The average Bonchev–Trinajstić information content (AvgIpc) is 2.82. The Bertz CT molecular complexity index is 1010. The quantitative estimate of drug-likeness (QED) is 0.417. The van der Waals surface area contributed by atoms with Crippen LogP contribution in [0.15, 0.2) is 71.8 Å². The van der Waals surface area contributed by atoms with Crippen molar-refractivity contribution in [2.24, 2.45) is 5.10 Å². The third-order valence-electron chi connectivity index (χ3n) is 4.43. The SMILES string of the molecule is COc1cc(C=NNC(=O)c2ccc(OCc3ccccc3)cc2)cc(OC)c1OC. The summed E-state index contributed by atoms with van der Waals surface area (Å²) in [5.74, 6) is 1.84. The van der Waals surface area contributed by atoms with E-state index in [0.717, 1.165) is 5.56 Å². The van der Waals surface area contributed by atoms with Crippen molar-refractivity contribution >= 4 is 12.1 Å². The summed E-state index contributed by atoms with van der Waals surface area (Å²) in [6, 6.07) is 20.2. The first kappa shape index (κ1) is 21.7. The Morgan fingerprint density at radius 2 is 1.55 bits per heavy atom. The van der Waals surface area contributed by atoms with Gasteiger partial charge in [0.2, 0.25) is 5.75 Å². The van der Waals surface area contributed by atoms with Gasteiger partial charge in [-0.2, -0.15) is 5.10 Å². The van der Waals surface area contributed by atoms with Crippen LogP contribution < -0.4 is 24.4 Å². The van der Waals surface area contributed by atoms with Crippen LogP contribution in [0, 0.1) is 0 Å². The Morgan fingerprint density at radius 1 is 0.903 bits per heavy atom. The van der Waals surface area contributed by atoms with Gasteiger partial charge in [0.05, 0.1) is 27.5 Å². The van der Waals surface area contributed by atoms with E-state index in [0.29, 0.717) is 40.7 Å². The van der Waals surface area contributed by atoms with Gasteiger partial charge < -0.3 is 18.9 Å². The van der Waals surface area contributed by atoms with E-state index in [-0.39, 0.29) is 5.91 Å². The summed E-state index contributed by atoms with van der Waals surface area (Å²) >= 11 is 0. The maximum absolute atomic E-state index is 12.3. The minimum atomic E-state index is -0.335. The van der Waals surface area contributed by atoms with E-state index in [1.165, 1.54) is 27.5 Å². The third-order valence-corrected chi connectivity index (χ3v) is 4.43. The number of rotatable bonds is 9. The topological polar surface area (TPSA) is 78.4 Å². The highest BCUT2D eigenvalue weighted by Gasteiger charge is 2.12. The maximum Gasteiger partial charge on any atom is 0.271 e. The molecule has 3 aromatic carbocycles. The molecule has 1 amide bonds. The third kappa shape index (κ3) is 5.76. The second kappa shape index (κ2) is 10.7. The zero-order valence-electron chi connectivity index (χ0n) is 17.6. The summed E-state index contributed by atoms with van der Waals surface area (Å²) in [5.41, 5.74) is 4.73. The van der Waals surface area contributed by atoms with Crippen LogP contribution in [0.3, 0.4) is 0 Å². The van der Waals surface area contributed by atoms with E-state index in [1.54, 1.807) is 36.4 Å². The molecule has 0 bridgehead atoms. The predicted octanol–water partition coefficient (Wildman–Crippen LogP) is 4.06. The van der Waals surface area contributed by atoms with Crippen molar-refractivity contribution in [3.8, 4) is 23.0 Å². The standard InChI is InChI=1S/C24H24N2O5/c1-28-21-13-18(14-22(29-2)23(21)30-3)15-25-26-24(27)19-9-11-20(12-10-19)31-16-17-7-5-4-6-8-17/h4-15H,16H2,1-3H3,(H,26,27). The molecule has 0 atom stereocenters. The molecule has 31 heavy (non-hydrogen) atoms. The fourth-order valence-corrected chi connectivity index (χ4v) is 2.85. The molecule has 0 saturated heterocycles. The van der Waals surface area contributed by atoms with Crippen LogP contribution in [0.2, 0.25) is 0 Å². The molecule has 0 aromatic heterocycles. The van der Waals surface area contributed by atoms with Crippen molar-refractivity contribution in [2.45, 2.75) is 6.61 Å². The van der Waals surface area contributed by atoms with Gasteiger partial charge in [-0.05, 0) is 42.0 Å². The molecule has 3 rings (SSSR count). The number of amides is 1. The number of nitrogens with one attached hydrogen (secondary N) is 1.